The van der Waals surface area contributed by atoms with Crippen LogP contribution in [-0.2, 0) is 0 Å². The van der Waals surface area contributed by atoms with Gasteiger partial charge in [-0.05, 0) is 84.8 Å². The van der Waals surface area contributed by atoms with Gasteiger partial charge in [0.05, 0.1) is 17.6 Å². The maximum absolute atomic E-state index is 10.4. The van der Waals surface area contributed by atoms with Gasteiger partial charge in [0.25, 0.3) is 0 Å². The summed E-state index contributed by atoms with van der Waals surface area (Å²) in [7, 11) is 0. The molecule has 0 saturated carbocycles. The van der Waals surface area contributed by atoms with Crippen molar-refractivity contribution < 1.29 is 14.6 Å². The average molecular weight is 526 g/mol. The molecule has 0 fully saturated rings. The zero-order valence-corrected chi connectivity index (χ0v) is 21.9. The van der Waals surface area contributed by atoms with Crippen molar-refractivity contribution in [2.75, 3.05) is 0 Å². The Kier molecular flexibility index (Phi) is 8.39. The molecule has 5 aromatic rings. The van der Waals surface area contributed by atoms with Crippen molar-refractivity contribution in [2.24, 2.45) is 15.2 Å². The topological polar surface area (TPSA) is 75.8 Å². The Morgan fingerprint density at radius 3 is 1.75 bits per heavy atom. The molecular formula is C34H27N3O3. The van der Waals surface area contributed by atoms with Crippen LogP contribution >= 0.6 is 0 Å². The second-order valence-electron chi connectivity index (χ2n) is 8.86. The van der Waals surface area contributed by atoms with Gasteiger partial charge in [0.1, 0.15) is 28.7 Å². The number of nitrogens with zero attached hydrogens (tertiary/aromatic N) is 3. The molecule has 1 N–H and O–H groups in total. The number of para-hydroxylation sites is 2. The van der Waals surface area contributed by atoms with Crippen LogP contribution in [0.2, 0.25) is 0 Å². The average Bonchev–Trinajstić information content (AvgIpc) is 2.98. The Morgan fingerprint density at radius 2 is 1.15 bits per heavy atom. The van der Waals surface area contributed by atoms with Gasteiger partial charge in [0.15, 0.2) is 0 Å². The lowest BCUT2D eigenvalue weighted by Gasteiger charge is -2.06. The number of aliphatic imine (C=N–C) groups is 1. The number of phenolic OH excluding ortho intramolecular Hbond substituents is 1. The molecular weight excluding hydrogens is 498 g/mol. The van der Waals surface area contributed by atoms with Gasteiger partial charge in [-0.3, -0.25) is 4.99 Å². The molecule has 5 aromatic carbocycles. The summed E-state index contributed by atoms with van der Waals surface area (Å²) in [5.74, 6) is 3.06. The van der Waals surface area contributed by atoms with Gasteiger partial charge in [-0.2, -0.15) is 10.2 Å². The standard InChI is InChI=1S/C34H27N3O3/c1-25(37-36-24-27-11-9-17-32(21-27)40-30-14-6-3-7-15-30)33-22-28(18-19-34(33)38)35-23-26-10-8-16-31(20-26)39-29-12-4-2-5-13-29/h2-24,38H,1H3/b35-23?,36-24+,37-25+. The third kappa shape index (κ3) is 7.30. The van der Waals surface area contributed by atoms with Crippen LogP contribution in [0.4, 0.5) is 5.69 Å². The van der Waals surface area contributed by atoms with Crippen molar-refractivity contribution in [2.45, 2.75) is 6.92 Å². The van der Waals surface area contributed by atoms with Gasteiger partial charge < -0.3 is 14.6 Å². The van der Waals surface area contributed by atoms with E-state index in [9.17, 15) is 5.11 Å². The molecule has 0 spiro atoms. The molecule has 0 radical (unpaired) electrons. The molecule has 0 heterocycles. The summed E-state index contributed by atoms with van der Waals surface area (Å²) in [6.07, 6.45) is 3.40. The van der Waals surface area contributed by atoms with E-state index >= 15 is 0 Å². The highest BCUT2D eigenvalue weighted by atomic mass is 16.5. The third-order valence-corrected chi connectivity index (χ3v) is 5.82. The molecule has 0 amide bonds. The summed E-state index contributed by atoms with van der Waals surface area (Å²) >= 11 is 0. The lowest BCUT2D eigenvalue weighted by molar-refractivity contribution is 0.474. The number of phenols is 1. The van der Waals surface area contributed by atoms with Gasteiger partial charge in [-0.25, -0.2) is 0 Å². The minimum absolute atomic E-state index is 0.104. The lowest BCUT2D eigenvalue weighted by atomic mass is 10.1. The number of rotatable bonds is 9. The maximum atomic E-state index is 10.4. The summed E-state index contributed by atoms with van der Waals surface area (Å²) in [6, 6.07) is 39.6. The van der Waals surface area contributed by atoms with E-state index in [2.05, 4.69) is 15.2 Å². The summed E-state index contributed by atoms with van der Waals surface area (Å²) in [6.45, 7) is 1.79. The van der Waals surface area contributed by atoms with Gasteiger partial charge in [-0.15, -0.1) is 0 Å². The van der Waals surface area contributed by atoms with Gasteiger partial charge in [0, 0.05) is 11.8 Å². The molecule has 0 aromatic heterocycles. The van der Waals surface area contributed by atoms with Crippen LogP contribution in [0.25, 0.3) is 0 Å². The predicted molar refractivity (Wildman–Crippen MR) is 161 cm³/mol. The number of aromatic hydroxyl groups is 1. The molecule has 6 nitrogen and oxygen atoms in total. The quantitative estimate of drug-likeness (QED) is 0.155. The molecule has 0 saturated heterocycles. The minimum Gasteiger partial charge on any atom is -0.507 e. The molecule has 0 unspecified atom stereocenters. The lowest BCUT2D eigenvalue weighted by Crippen LogP contribution is -1.95. The van der Waals surface area contributed by atoms with Crippen molar-refractivity contribution in [3.8, 4) is 28.7 Å². The minimum atomic E-state index is 0.104. The van der Waals surface area contributed by atoms with Gasteiger partial charge >= 0.3 is 0 Å². The maximum Gasteiger partial charge on any atom is 0.128 e. The number of benzene rings is 5. The van der Waals surface area contributed by atoms with Crippen LogP contribution in [0.5, 0.6) is 28.7 Å². The van der Waals surface area contributed by atoms with E-state index in [1.54, 1.807) is 37.6 Å². The van der Waals surface area contributed by atoms with Crippen LogP contribution in [-0.4, -0.2) is 23.2 Å². The van der Waals surface area contributed by atoms with E-state index in [1.165, 1.54) is 0 Å². The Bertz CT molecular complexity index is 1660. The fraction of sp³-hybridized carbons (Fsp3) is 0.0294. The Balaban J connectivity index is 1.27. The number of hydrogen-bond acceptors (Lipinski definition) is 6. The number of ether oxygens (including phenoxy) is 2. The first kappa shape index (κ1) is 26.1. The summed E-state index contributed by atoms with van der Waals surface area (Å²) in [4.78, 5) is 4.58. The van der Waals surface area contributed by atoms with Crippen LogP contribution in [0, 0.1) is 0 Å². The van der Waals surface area contributed by atoms with Crippen LogP contribution in [0.1, 0.15) is 23.6 Å². The molecule has 5 rings (SSSR count). The predicted octanol–water partition coefficient (Wildman–Crippen LogP) is 8.57. The van der Waals surface area contributed by atoms with E-state index in [4.69, 9.17) is 9.47 Å². The summed E-state index contributed by atoms with van der Waals surface area (Å²) < 4.78 is 11.8. The molecule has 0 aliphatic heterocycles. The smallest absolute Gasteiger partial charge is 0.128 e. The number of hydrogen-bond donors (Lipinski definition) is 1. The summed E-state index contributed by atoms with van der Waals surface area (Å²) in [5, 5.41) is 19.0. The largest absolute Gasteiger partial charge is 0.507 e. The van der Waals surface area contributed by atoms with Crippen molar-refractivity contribution in [1.29, 1.82) is 0 Å². The van der Waals surface area contributed by atoms with E-state index in [0.29, 0.717) is 22.7 Å². The highest BCUT2D eigenvalue weighted by molar-refractivity contribution is 6.02. The zero-order chi connectivity index (χ0) is 27.6. The molecule has 196 valence electrons. The van der Waals surface area contributed by atoms with E-state index < -0.39 is 0 Å². The molecule has 0 aliphatic rings. The van der Waals surface area contributed by atoms with Crippen molar-refractivity contribution >= 4 is 23.8 Å². The Hall–Kier alpha value is -5.49. The second-order valence-corrected chi connectivity index (χ2v) is 8.86. The molecule has 0 aliphatic carbocycles. The van der Waals surface area contributed by atoms with E-state index in [0.717, 1.165) is 28.4 Å². The monoisotopic (exact) mass is 525 g/mol. The normalized spacial score (nSPS) is 11.7. The molecule has 6 heteroatoms. The van der Waals surface area contributed by atoms with E-state index in [-0.39, 0.29) is 5.75 Å². The molecule has 0 atom stereocenters. The Morgan fingerprint density at radius 1 is 0.600 bits per heavy atom. The highest BCUT2D eigenvalue weighted by Crippen LogP contribution is 2.26. The van der Waals surface area contributed by atoms with Crippen LogP contribution < -0.4 is 9.47 Å². The van der Waals surface area contributed by atoms with Crippen LogP contribution in [0.15, 0.2) is 143 Å². The summed E-state index contributed by atoms with van der Waals surface area (Å²) in [5.41, 5.74) is 3.50. The zero-order valence-electron chi connectivity index (χ0n) is 21.9. The molecule has 0 bridgehead atoms. The van der Waals surface area contributed by atoms with Crippen LogP contribution in [0.3, 0.4) is 0 Å². The fourth-order valence-corrected chi connectivity index (χ4v) is 3.85. The third-order valence-electron chi connectivity index (χ3n) is 5.82. The van der Waals surface area contributed by atoms with Crippen molar-refractivity contribution in [3.05, 3.63) is 144 Å². The highest BCUT2D eigenvalue weighted by Gasteiger charge is 2.06. The van der Waals surface area contributed by atoms with E-state index in [1.807, 2.05) is 109 Å². The SMILES string of the molecule is C/C(=N\N=C\c1cccc(Oc2ccccc2)c1)c1cc(N=Cc2cccc(Oc3ccccc3)c2)ccc1O. The van der Waals surface area contributed by atoms with Gasteiger partial charge in [-0.1, -0.05) is 60.7 Å². The Labute approximate surface area is 233 Å². The first-order valence-electron chi connectivity index (χ1n) is 12.7. The van der Waals surface area contributed by atoms with Crippen molar-refractivity contribution in [3.63, 3.8) is 0 Å². The molecule has 40 heavy (non-hydrogen) atoms. The first-order chi connectivity index (χ1) is 19.6. The van der Waals surface area contributed by atoms with Crippen molar-refractivity contribution in [1.82, 2.24) is 0 Å². The van der Waals surface area contributed by atoms with Gasteiger partial charge in [0.2, 0.25) is 0 Å². The second kappa shape index (κ2) is 12.8. The first-order valence-corrected chi connectivity index (χ1v) is 12.7. The fourth-order valence-electron chi connectivity index (χ4n) is 3.85.